The number of hydrogen-bond acceptors (Lipinski definition) is 3. The third kappa shape index (κ3) is 1.69. The fourth-order valence-corrected chi connectivity index (χ4v) is 0.741. The van der Waals surface area contributed by atoms with Gasteiger partial charge in [0.25, 0.3) is 0 Å². The van der Waals surface area contributed by atoms with E-state index in [4.69, 9.17) is 14.6 Å². The van der Waals surface area contributed by atoms with Gasteiger partial charge in [0, 0.05) is 12.5 Å². The molecule has 3 nitrogen and oxygen atoms in total. The maximum absolute atomic E-state index is 8.83. The Kier molecular flexibility index (Phi) is 2.08. The van der Waals surface area contributed by atoms with Gasteiger partial charge in [-0.15, -0.1) is 0 Å². The molecule has 0 radical (unpaired) electrons. The van der Waals surface area contributed by atoms with Crippen molar-refractivity contribution in [1.29, 1.82) is 0 Å². The summed E-state index contributed by atoms with van der Waals surface area (Å²) in [7, 11) is 1.59. The predicted octanol–water partition coefficient (Wildman–Crippen LogP) is 0.255. The number of aliphatic hydroxyl groups excluding tert-OH is 1. The highest BCUT2D eigenvalue weighted by Crippen LogP contribution is 2.10. The van der Waals surface area contributed by atoms with E-state index < -0.39 is 6.29 Å². The Morgan fingerprint density at radius 2 is 2.67 bits per heavy atom. The van der Waals surface area contributed by atoms with Gasteiger partial charge in [-0.2, -0.15) is 0 Å². The minimum absolute atomic E-state index is 0.542. The van der Waals surface area contributed by atoms with Crippen molar-refractivity contribution in [3.63, 3.8) is 0 Å². The molecule has 9 heavy (non-hydrogen) atoms. The Hall–Kier alpha value is -0.540. The Bertz CT molecular complexity index is 119. The summed E-state index contributed by atoms with van der Waals surface area (Å²) in [4.78, 5) is 0. The molecule has 3 heteroatoms. The molecule has 1 N–H and O–H groups in total. The highest BCUT2D eigenvalue weighted by Gasteiger charge is 2.09. The molecule has 0 aromatic heterocycles. The van der Waals surface area contributed by atoms with Gasteiger partial charge < -0.3 is 14.6 Å². The molecule has 1 aliphatic rings. The van der Waals surface area contributed by atoms with E-state index >= 15 is 0 Å². The maximum Gasteiger partial charge on any atom is 0.177 e. The van der Waals surface area contributed by atoms with Crippen LogP contribution >= 0.6 is 0 Å². The third-order valence-electron chi connectivity index (χ3n) is 1.23. The van der Waals surface area contributed by atoms with E-state index in [0.29, 0.717) is 6.61 Å². The normalized spacial score (nSPS) is 27.3. The van der Waals surface area contributed by atoms with Crippen LogP contribution < -0.4 is 0 Å². The molecular weight excluding hydrogens is 120 g/mol. The lowest BCUT2D eigenvalue weighted by Gasteiger charge is -2.16. The number of ether oxygens (including phenoxy) is 2. The first-order valence-electron chi connectivity index (χ1n) is 2.87. The average molecular weight is 130 g/mol. The molecule has 0 fully saturated rings. The highest BCUT2D eigenvalue weighted by molar-refractivity contribution is 4.97. The zero-order valence-corrected chi connectivity index (χ0v) is 5.33. The molecule has 0 saturated heterocycles. The Balaban J connectivity index is 2.49. The van der Waals surface area contributed by atoms with Crippen LogP contribution in [0, 0.1) is 0 Å². The van der Waals surface area contributed by atoms with Crippen LogP contribution in [0.15, 0.2) is 11.8 Å². The van der Waals surface area contributed by atoms with E-state index in [-0.39, 0.29) is 0 Å². The van der Waals surface area contributed by atoms with Crippen LogP contribution in [0.2, 0.25) is 0 Å². The molecule has 0 saturated carbocycles. The van der Waals surface area contributed by atoms with Gasteiger partial charge in [-0.1, -0.05) is 0 Å². The van der Waals surface area contributed by atoms with Crippen molar-refractivity contribution in [2.75, 3.05) is 13.7 Å². The zero-order chi connectivity index (χ0) is 6.69. The van der Waals surface area contributed by atoms with Crippen LogP contribution in [0.4, 0.5) is 0 Å². The molecule has 52 valence electrons. The summed E-state index contributed by atoms with van der Waals surface area (Å²) >= 11 is 0. The lowest BCUT2D eigenvalue weighted by Crippen LogP contribution is -2.16. The second-order valence-electron chi connectivity index (χ2n) is 1.85. The maximum atomic E-state index is 8.83. The first kappa shape index (κ1) is 6.58. The monoisotopic (exact) mass is 130 g/mol. The molecule has 0 spiro atoms. The summed E-state index contributed by atoms with van der Waals surface area (Å²) in [5, 5.41) is 8.83. The number of methoxy groups -OCH3 is 1. The van der Waals surface area contributed by atoms with Crippen LogP contribution in [-0.2, 0) is 9.47 Å². The first-order chi connectivity index (χ1) is 4.33. The smallest absolute Gasteiger partial charge is 0.177 e. The van der Waals surface area contributed by atoms with Crippen molar-refractivity contribution in [1.82, 2.24) is 0 Å². The minimum atomic E-state index is -0.770. The number of hydrogen-bond donors (Lipinski definition) is 1. The summed E-state index contributed by atoms with van der Waals surface area (Å²) in [6.07, 6.45) is 1.55. The SMILES string of the molecule is COC1=CC(O)OCC1. The Morgan fingerprint density at radius 1 is 1.89 bits per heavy atom. The highest BCUT2D eigenvalue weighted by atomic mass is 16.6. The van der Waals surface area contributed by atoms with Gasteiger partial charge in [0.2, 0.25) is 0 Å². The van der Waals surface area contributed by atoms with Crippen molar-refractivity contribution in [2.45, 2.75) is 12.7 Å². The summed E-state index contributed by atoms with van der Waals surface area (Å²) in [5.41, 5.74) is 0. The molecule has 0 aliphatic carbocycles. The van der Waals surface area contributed by atoms with Gasteiger partial charge >= 0.3 is 0 Å². The molecule has 0 bridgehead atoms. The quantitative estimate of drug-likeness (QED) is 0.553. The zero-order valence-electron chi connectivity index (χ0n) is 5.33. The molecule has 0 aromatic carbocycles. The predicted molar refractivity (Wildman–Crippen MR) is 31.7 cm³/mol. The van der Waals surface area contributed by atoms with Crippen LogP contribution in [0.1, 0.15) is 6.42 Å². The average Bonchev–Trinajstić information content (AvgIpc) is 1.88. The second kappa shape index (κ2) is 2.85. The molecular formula is C6H10O3. The standard InChI is InChI=1S/C6H10O3/c1-8-5-2-3-9-6(7)4-5/h4,6-7H,2-3H2,1H3. The molecule has 0 amide bonds. The molecule has 1 atom stereocenters. The topological polar surface area (TPSA) is 38.7 Å². The Morgan fingerprint density at radius 3 is 3.11 bits per heavy atom. The largest absolute Gasteiger partial charge is 0.501 e. The van der Waals surface area contributed by atoms with Gasteiger partial charge in [-0.3, -0.25) is 0 Å². The molecule has 1 unspecified atom stereocenters. The van der Waals surface area contributed by atoms with Crippen molar-refractivity contribution in [2.24, 2.45) is 0 Å². The molecule has 1 rings (SSSR count). The van der Waals surface area contributed by atoms with E-state index in [2.05, 4.69) is 0 Å². The fraction of sp³-hybridized carbons (Fsp3) is 0.667. The van der Waals surface area contributed by atoms with E-state index in [1.165, 1.54) is 0 Å². The minimum Gasteiger partial charge on any atom is -0.501 e. The van der Waals surface area contributed by atoms with E-state index in [1.54, 1.807) is 13.2 Å². The number of aliphatic hydroxyl groups is 1. The van der Waals surface area contributed by atoms with Crippen LogP contribution in [0.25, 0.3) is 0 Å². The summed E-state index contributed by atoms with van der Waals surface area (Å²) in [6, 6.07) is 0. The summed E-state index contributed by atoms with van der Waals surface area (Å²) < 4.78 is 9.69. The lowest BCUT2D eigenvalue weighted by atomic mass is 10.3. The summed E-state index contributed by atoms with van der Waals surface area (Å²) in [6.45, 7) is 0.542. The van der Waals surface area contributed by atoms with Crippen molar-refractivity contribution >= 4 is 0 Å². The van der Waals surface area contributed by atoms with Gasteiger partial charge in [0.05, 0.1) is 19.5 Å². The molecule has 1 heterocycles. The second-order valence-corrected chi connectivity index (χ2v) is 1.85. The first-order valence-corrected chi connectivity index (χ1v) is 2.87. The van der Waals surface area contributed by atoms with Gasteiger partial charge in [-0.05, 0) is 0 Å². The van der Waals surface area contributed by atoms with Crippen molar-refractivity contribution in [3.8, 4) is 0 Å². The van der Waals surface area contributed by atoms with E-state index in [1.807, 2.05) is 0 Å². The van der Waals surface area contributed by atoms with Gasteiger partial charge in [0.15, 0.2) is 6.29 Å². The van der Waals surface area contributed by atoms with Crippen LogP contribution in [0.5, 0.6) is 0 Å². The van der Waals surface area contributed by atoms with Gasteiger partial charge in [0.1, 0.15) is 0 Å². The lowest BCUT2D eigenvalue weighted by molar-refractivity contribution is -0.0770. The van der Waals surface area contributed by atoms with Crippen molar-refractivity contribution < 1.29 is 14.6 Å². The van der Waals surface area contributed by atoms with Crippen LogP contribution in [0.3, 0.4) is 0 Å². The molecule has 0 aromatic rings. The fourth-order valence-electron chi connectivity index (χ4n) is 0.741. The third-order valence-corrected chi connectivity index (χ3v) is 1.23. The van der Waals surface area contributed by atoms with Crippen molar-refractivity contribution in [3.05, 3.63) is 11.8 Å². The number of rotatable bonds is 1. The van der Waals surface area contributed by atoms with Crippen LogP contribution in [-0.4, -0.2) is 25.1 Å². The van der Waals surface area contributed by atoms with Gasteiger partial charge in [-0.25, -0.2) is 0 Å². The van der Waals surface area contributed by atoms with E-state index in [0.717, 1.165) is 12.2 Å². The molecule has 1 aliphatic heterocycles. The Labute approximate surface area is 53.9 Å². The van der Waals surface area contributed by atoms with E-state index in [9.17, 15) is 0 Å². The summed E-state index contributed by atoms with van der Waals surface area (Å²) in [5.74, 6) is 0.800.